The van der Waals surface area contributed by atoms with Gasteiger partial charge in [-0.25, -0.2) is 9.91 Å². The minimum absolute atomic E-state index is 0.0598. The molecule has 0 saturated carbocycles. The maximum atomic E-state index is 13.8. The molecule has 0 unspecified atom stereocenters. The molecule has 2 N–H and O–H groups in total. The van der Waals surface area contributed by atoms with Gasteiger partial charge < -0.3 is 20.3 Å². The van der Waals surface area contributed by atoms with Crippen molar-refractivity contribution >= 4 is 34.6 Å². The van der Waals surface area contributed by atoms with Crippen molar-refractivity contribution < 1.29 is 19.6 Å². The molecule has 2 saturated heterocycles. The van der Waals surface area contributed by atoms with Crippen molar-refractivity contribution in [1.82, 2.24) is 9.91 Å². The number of rotatable bonds is 7. The summed E-state index contributed by atoms with van der Waals surface area (Å²) in [5.74, 6) is -1.45. The molecule has 0 radical (unpaired) electrons. The first-order valence-electron chi connectivity index (χ1n) is 12.9. The lowest BCUT2D eigenvalue weighted by atomic mass is 9.92. The summed E-state index contributed by atoms with van der Waals surface area (Å²) in [6.07, 6.45) is 3.10. The predicted octanol–water partition coefficient (Wildman–Crippen LogP) is 2.24. The molecule has 3 aliphatic heterocycles. The van der Waals surface area contributed by atoms with Gasteiger partial charge in [0.2, 0.25) is 5.91 Å². The molecule has 11 nitrogen and oxygen atoms in total. The summed E-state index contributed by atoms with van der Waals surface area (Å²) < 4.78 is 0. The summed E-state index contributed by atoms with van der Waals surface area (Å²) in [5, 5.41) is 23.4. The zero-order chi connectivity index (χ0) is 27.0. The first-order valence-corrected chi connectivity index (χ1v) is 12.9. The minimum atomic E-state index is -0.883. The van der Waals surface area contributed by atoms with Crippen molar-refractivity contribution in [2.75, 3.05) is 48.5 Å². The molecule has 2 fully saturated rings. The molecular formula is C27H32N6O5. The van der Waals surface area contributed by atoms with Crippen molar-refractivity contribution in [3.63, 3.8) is 0 Å². The number of nitrogens with zero attached hydrogens (tertiary/aromatic N) is 5. The van der Waals surface area contributed by atoms with E-state index < -0.39 is 29.0 Å². The summed E-state index contributed by atoms with van der Waals surface area (Å²) in [4.78, 5) is 43.6. The van der Waals surface area contributed by atoms with E-state index in [1.54, 1.807) is 29.3 Å². The van der Waals surface area contributed by atoms with Gasteiger partial charge in [0.25, 0.3) is 11.6 Å². The molecule has 0 aliphatic carbocycles. The highest BCUT2D eigenvalue weighted by atomic mass is 16.6. The SMILES string of the molecule is CC[C@@H](O)[C@H]1C=C[C@H]2C(=O)N(c3ccc(N4CCN(C)CC4)cc3)C(=O)[C@H]2N1Nc1ccc([N+](=O)[O-])cc1. The second-order valence-electron chi connectivity index (χ2n) is 9.96. The third-order valence-corrected chi connectivity index (χ3v) is 7.58. The van der Waals surface area contributed by atoms with Crippen LogP contribution < -0.4 is 15.2 Å². The molecule has 200 valence electrons. The Labute approximate surface area is 221 Å². The fourth-order valence-electron chi connectivity index (χ4n) is 5.31. The Balaban J connectivity index is 1.41. The number of benzene rings is 2. The number of carbonyl (C=O) groups excluding carboxylic acids is 2. The molecule has 11 heteroatoms. The number of hydrogen-bond donors (Lipinski definition) is 2. The van der Waals surface area contributed by atoms with E-state index in [-0.39, 0.29) is 17.5 Å². The lowest BCUT2D eigenvalue weighted by molar-refractivity contribution is -0.384. The summed E-state index contributed by atoms with van der Waals surface area (Å²) in [7, 11) is 2.10. The lowest BCUT2D eigenvalue weighted by Gasteiger charge is -2.40. The van der Waals surface area contributed by atoms with Gasteiger partial charge in [0.15, 0.2) is 0 Å². The second kappa shape index (κ2) is 10.5. The van der Waals surface area contributed by atoms with Crippen LogP contribution in [0.1, 0.15) is 13.3 Å². The third-order valence-electron chi connectivity index (χ3n) is 7.58. The molecule has 38 heavy (non-hydrogen) atoms. The Kier molecular flexibility index (Phi) is 7.15. The topological polar surface area (TPSA) is 122 Å². The standard InChI is InChI=1S/C27H32N6O5/c1-3-24(34)23-13-12-22-25(32(23)28-18-4-6-21(7-5-18)33(37)38)27(36)31(26(22)35)20-10-8-19(9-11-20)30-16-14-29(2)15-17-30/h4-13,22-25,28,34H,3,14-17H2,1-2H3/t22-,23-,24-,25+/m1/s1. The minimum Gasteiger partial charge on any atom is -0.391 e. The second-order valence-corrected chi connectivity index (χ2v) is 9.96. The smallest absolute Gasteiger partial charge is 0.269 e. The fourth-order valence-corrected chi connectivity index (χ4v) is 5.31. The largest absolute Gasteiger partial charge is 0.391 e. The maximum Gasteiger partial charge on any atom is 0.269 e. The van der Waals surface area contributed by atoms with Gasteiger partial charge in [-0.1, -0.05) is 19.1 Å². The number of fused-ring (bicyclic) bond motifs is 1. The summed E-state index contributed by atoms with van der Waals surface area (Å²) in [6.45, 7) is 5.61. The molecule has 2 aromatic carbocycles. The van der Waals surface area contributed by atoms with Gasteiger partial charge in [0.1, 0.15) is 6.04 Å². The van der Waals surface area contributed by atoms with E-state index in [2.05, 4.69) is 22.3 Å². The van der Waals surface area contributed by atoms with Gasteiger partial charge in [-0.05, 0) is 49.9 Å². The van der Waals surface area contributed by atoms with Crippen LogP contribution in [0.5, 0.6) is 0 Å². The van der Waals surface area contributed by atoms with E-state index in [1.165, 1.54) is 29.2 Å². The number of amides is 2. The molecule has 2 amide bonds. The number of nitro benzene ring substituents is 1. The molecule has 5 rings (SSSR count). The van der Waals surface area contributed by atoms with Gasteiger partial charge >= 0.3 is 0 Å². The number of aliphatic hydroxyl groups is 1. The number of non-ortho nitro benzene ring substituents is 1. The van der Waals surface area contributed by atoms with E-state index in [0.29, 0.717) is 17.8 Å². The van der Waals surface area contributed by atoms with E-state index in [1.807, 2.05) is 19.1 Å². The van der Waals surface area contributed by atoms with Crippen LogP contribution in [0, 0.1) is 16.0 Å². The van der Waals surface area contributed by atoms with Gasteiger partial charge in [-0.15, -0.1) is 0 Å². The first-order chi connectivity index (χ1) is 18.3. The Morgan fingerprint density at radius 3 is 2.21 bits per heavy atom. The molecule has 0 aromatic heterocycles. The Morgan fingerprint density at radius 1 is 0.974 bits per heavy atom. The number of hydrazine groups is 1. The Hall–Kier alpha value is -3.80. The zero-order valence-electron chi connectivity index (χ0n) is 21.4. The van der Waals surface area contributed by atoms with E-state index in [0.717, 1.165) is 31.9 Å². The number of hydrogen-bond acceptors (Lipinski definition) is 9. The van der Waals surface area contributed by atoms with Crippen molar-refractivity contribution in [3.8, 4) is 0 Å². The van der Waals surface area contributed by atoms with Crippen LogP contribution in [0.25, 0.3) is 0 Å². The van der Waals surface area contributed by atoms with Crippen LogP contribution in [0.3, 0.4) is 0 Å². The van der Waals surface area contributed by atoms with Crippen LogP contribution in [0.4, 0.5) is 22.7 Å². The van der Waals surface area contributed by atoms with Crippen molar-refractivity contribution in [1.29, 1.82) is 0 Å². The van der Waals surface area contributed by atoms with Crippen LogP contribution in [0.2, 0.25) is 0 Å². The highest BCUT2D eigenvalue weighted by Crippen LogP contribution is 2.36. The molecule has 0 bridgehead atoms. The van der Waals surface area contributed by atoms with Crippen LogP contribution >= 0.6 is 0 Å². The molecule has 0 spiro atoms. The molecule has 3 aliphatic rings. The van der Waals surface area contributed by atoms with Gasteiger partial charge in [-0.2, -0.15) is 0 Å². The lowest BCUT2D eigenvalue weighted by Crippen LogP contribution is -2.57. The molecule has 3 heterocycles. The van der Waals surface area contributed by atoms with Gasteiger partial charge in [0.05, 0.1) is 28.7 Å². The van der Waals surface area contributed by atoms with E-state index >= 15 is 0 Å². The van der Waals surface area contributed by atoms with Gasteiger partial charge in [0, 0.05) is 49.7 Å². The van der Waals surface area contributed by atoms with Crippen molar-refractivity contribution in [3.05, 3.63) is 70.8 Å². The first kappa shape index (κ1) is 25.8. The normalized spacial score (nSPS) is 25.0. The number of nitrogens with one attached hydrogen (secondary N) is 1. The van der Waals surface area contributed by atoms with E-state index in [4.69, 9.17) is 0 Å². The number of piperazine rings is 1. The highest BCUT2D eigenvalue weighted by molar-refractivity contribution is 6.24. The third kappa shape index (κ3) is 4.75. The number of imide groups is 1. The monoisotopic (exact) mass is 520 g/mol. The molecular weight excluding hydrogens is 488 g/mol. The number of carbonyl (C=O) groups is 2. The predicted molar refractivity (Wildman–Crippen MR) is 144 cm³/mol. The molecule has 2 aromatic rings. The summed E-state index contributed by atoms with van der Waals surface area (Å²) in [6, 6.07) is 11.8. The van der Waals surface area contributed by atoms with Crippen molar-refractivity contribution in [2.45, 2.75) is 31.5 Å². The Morgan fingerprint density at radius 2 is 1.61 bits per heavy atom. The quantitative estimate of drug-likeness (QED) is 0.245. The zero-order valence-corrected chi connectivity index (χ0v) is 21.4. The highest BCUT2D eigenvalue weighted by Gasteiger charge is 2.54. The van der Waals surface area contributed by atoms with E-state index in [9.17, 15) is 24.8 Å². The van der Waals surface area contributed by atoms with Crippen LogP contribution in [0.15, 0.2) is 60.7 Å². The number of likely N-dealkylation sites (N-methyl/N-ethyl adjacent to an activating group) is 1. The number of anilines is 3. The average Bonchev–Trinajstić information content (AvgIpc) is 3.19. The van der Waals surface area contributed by atoms with Gasteiger partial charge in [-0.3, -0.25) is 19.7 Å². The fraction of sp³-hybridized carbons (Fsp3) is 0.407. The molecule has 4 atom stereocenters. The number of aliphatic hydroxyl groups excluding tert-OH is 1. The summed E-state index contributed by atoms with van der Waals surface area (Å²) in [5.41, 5.74) is 5.15. The van der Waals surface area contributed by atoms with Crippen LogP contribution in [-0.4, -0.2) is 83.2 Å². The maximum absolute atomic E-state index is 13.8. The van der Waals surface area contributed by atoms with Crippen LogP contribution in [-0.2, 0) is 9.59 Å². The Bertz CT molecular complexity index is 1230. The number of nitro groups is 1. The average molecular weight is 521 g/mol. The summed E-state index contributed by atoms with van der Waals surface area (Å²) >= 11 is 0. The van der Waals surface area contributed by atoms with Crippen molar-refractivity contribution in [2.24, 2.45) is 5.92 Å².